The lowest BCUT2D eigenvalue weighted by atomic mass is 9.94. The molecule has 5 rings (SSSR count). The molecule has 0 bridgehead atoms. The molecule has 1 unspecified atom stereocenters. The van der Waals surface area contributed by atoms with Gasteiger partial charge in [-0.25, -0.2) is 0 Å². The quantitative estimate of drug-likeness (QED) is 0.351. The standard InChI is InChI=1S/C28H26N2O4/c1-17-13-18(2)15-21(14-17)30-25(19-7-5-4-6-8-19)24(27(32)28(30)33)26(31)20-9-10-23-22(16-20)29(3)11-12-34-23/h4-10,13-16,25,31H,11-12H2,1-3H3/b26-24-. The van der Waals surface area contributed by atoms with Crippen molar-refractivity contribution in [2.75, 3.05) is 30.0 Å². The number of hydrogen-bond acceptors (Lipinski definition) is 5. The zero-order valence-electron chi connectivity index (χ0n) is 19.4. The van der Waals surface area contributed by atoms with Crippen LogP contribution in [0.2, 0.25) is 0 Å². The van der Waals surface area contributed by atoms with E-state index >= 15 is 0 Å². The predicted molar refractivity (Wildman–Crippen MR) is 132 cm³/mol. The van der Waals surface area contributed by atoms with Gasteiger partial charge in [-0.15, -0.1) is 0 Å². The van der Waals surface area contributed by atoms with E-state index in [9.17, 15) is 14.7 Å². The van der Waals surface area contributed by atoms with Crippen LogP contribution in [-0.4, -0.2) is 37.0 Å². The first-order chi connectivity index (χ1) is 16.3. The maximum Gasteiger partial charge on any atom is 0.300 e. The molecule has 1 fully saturated rings. The molecule has 34 heavy (non-hydrogen) atoms. The highest BCUT2D eigenvalue weighted by Crippen LogP contribution is 2.43. The number of hydrogen-bond donors (Lipinski definition) is 1. The Labute approximate surface area is 198 Å². The number of nitrogens with zero attached hydrogens (tertiary/aromatic N) is 2. The fraction of sp³-hybridized carbons (Fsp3) is 0.214. The van der Waals surface area contributed by atoms with Crippen molar-refractivity contribution in [3.63, 3.8) is 0 Å². The minimum absolute atomic E-state index is 0.0784. The number of Topliss-reactive ketones (excluding diaryl/α,β-unsaturated/α-hetero) is 1. The van der Waals surface area contributed by atoms with Crippen molar-refractivity contribution in [1.29, 1.82) is 0 Å². The minimum Gasteiger partial charge on any atom is -0.507 e. The number of carbonyl (C=O) groups is 2. The highest BCUT2D eigenvalue weighted by molar-refractivity contribution is 6.51. The fourth-order valence-electron chi connectivity index (χ4n) is 4.79. The maximum absolute atomic E-state index is 13.4. The summed E-state index contributed by atoms with van der Waals surface area (Å²) in [6, 6.07) is 19.7. The molecule has 3 aromatic carbocycles. The summed E-state index contributed by atoms with van der Waals surface area (Å²) < 4.78 is 5.71. The van der Waals surface area contributed by atoms with Crippen LogP contribution < -0.4 is 14.5 Å². The van der Waals surface area contributed by atoms with E-state index in [-0.39, 0.29) is 11.3 Å². The molecule has 1 atom stereocenters. The maximum atomic E-state index is 13.4. The molecule has 3 aromatic rings. The van der Waals surface area contributed by atoms with Crippen molar-refractivity contribution < 1.29 is 19.4 Å². The molecule has 2 aliphatic rings. The van der Waals surface area contributed by atoms with E-state index < -0.39 is 17.7 Å². The second-order valence-electron chi connectivity index (χ2n) is 8.88. The van der Waals surface area contributed by atoms with Crippen molar-refractivity contribution >= 4 is 28.8 Å². The van der Waals surface area contributed by atoms with Crippen LogP contribution in [0.25, 0.3) is 5.76 Å². The molecule has 1 saturated heterocycles. The molecule has 0 spiro atoms. The Bertz CT molecular complexity index is 1310. The lowest BCUT2D eigenvalue weighted by molar-refractivity contribution is -0.132. The van der Waals surface area contributed by atoms with Crippen LogP contribution in [0.3, 0.4) is 0 Å². The summed E-state index contributed by atoms with van der Waals surface area (Å²) in [5.74, 6) is -0.826. The lowest BCUT2D eigenvalue weighted by Crippen LogP contribution is -2.29. The van der Waals surface area contributed by atoms with Gasteiger partial charge in [0, 0.05) is 18.3 Å². The van der Waals surface area contributed by atoms with Crippen LogP contribution in [0.1, 0.15) is 28.3 Å². The summed E-state index contributed by atoms with van der Waals surface area (Å²) in [6.45, 7) is 5.22. The Balaban J connectivity index is 1.70. The number of aliphatic hydroxyl groups excluding tert-OH is 1. The summed E-state index contributed by atoms with van der Waals surface area (Å²) in [5, 5.41) is 11.4. The number of ether oxygens (including phenoxy) is 1. The summed E-state index contributed by atoms with van der Waals surface area (Å²) in [6.07, 6.45) is 0. The van der Waals surface area contributed by atoms with E-state index in [0.717, 1.165) is 34.7 Å². The number of ketones is 1. The van der Waals surface area contributed by atoms with Crippen molar-refractivity contribution in [2.24, 2.45) is 0 Å². The Morgan fingerprint density at radius 1 is 0.971 bits per heavy atom. The Hall–Kier alpha value is -4.06. The van der Waals surface area contributed by atoms with Gasteiger partial charge in [-0.1, -0.05) is 36.4 Å². The average Bonchev–Trinajstić information content (AvgIpc) is 3.09. The lowest BCUT2D eigenvalue weighted by Gasteiger charge is -2.28. The third-order valence-corrected chi connectivity index (χ3v) is 6.37. The number of anilines is 2. The smallest absolute Gasteiger partial charge is 0.300 e. The first-order valence-corrected chi connectivity index (χ1v) is 11.3. The van der Waals surface area contributed by atoms with Crippen molar-refractivity contribution in [2.45, 2.75) is 19.9 Å². The predicted octanol–water partition coefficient (Wildman–Crippen LogP) is 4.76. The third-order valence-electron chi connectivity index (χ3n) is 6.37. The number of fused-ring (bicyclic) bond motifs is 1. The van der Waals surface area contributed by atoms with Gasteiger partial charge in [-0.05, 0) is 60.9 Å². The monoisotopic (exact) mass is 454 g/mol. The number of aliphatic hydroxyl groups is 1. The topological polar surface area (TPSA) is 70.1 Å². The Kier molecular flexibility index (Phi) is 5.36. The van der Waals surface area contributed by atoms with Gasteiger partial charge in [-0.3, -0.25) is 14.5 Å². The van der Waals surface area contributed by atoms with Crippen LogP contribution >= 0.6 is 0 Å². The molecular weight excluding hydrogens is 428 g/mol. The van der Waals surface area contributed by atoms with E-state index in [4.69, 9.17) is 4.74 Å². The number of benzene rings is 3. The van der Waals surface area contributed by atoms with Crippen LogP contribution in [0, 0.1) is 13.8 Å². The number of amides is 1. The van der Waals surface area contributed by atoms with Gasteiger partial charge >= 0.3 is 0 Å². The van der Waals surface area contributed by atoms with E-state index in [0.29, 0.717) is 17.9 Å². The Morgan fingerprint density at radius 3 is 2.38 bits per heavy atom. The zero-order valence-corrected chi connectivity index (χ0v) is 19.4. The van der Waals surface area contributed by atoms with Crippen molar-refractivity contribution in [3.8, 4) is 5.75 Å². The number of aryl methyl sites for hydroxylation is 2. The van der Waals surface area contributed by atoms with E-state index in [1.54, 1.807) is 18.2 Å². The molecule has 172 valence electrons. The SMILES string of the molecule is Cc1cc(C)cc(N2C(=O)C(=O)/C(=C(\O)c3ccc4c(c3)N(C)CCO4)C2c2ccccc2)c1. The van der Waals surface area contributed by atoms with Crippen LogP contribution in [-0.2, 0) is 9.59 Å². The number of carbonyl (C=O) groups excluding carboxylic acids is 2. The molecule has 2 aliphatic heterocycles. The van der Waals surface area contributed by atoms with Gasteiger partial charge < -0.3 is 14.7 Å². The van der Waals surface area contributed by atoms with Gasteiger partial charge in [0.25, 0.3) is 11.7 Å². The van der Waals surface area contributed by atoms with Crippen LogP contribution in [0.5, 0.6) is 5.75 Å². The van der Waals surface area contributed by atoms with Crippen molar-refractivity contribution in [3.05, 3.63) is 94.6 Å². The van der Waals surface area contributed by atoms with E-state index in [1.807, 2.05) is 74.3 Å². The Morgan fingerprint density at radius 2 is 1.68 bits per heavy atom. The second-order valence-corrected chi connectivity index (χ2v) is 8.88. The van der Waals surface area contributed by atoms with Crippen LogP contribution in [0.15, 0.2) is 72.3 Å². The van der Waals surface area contributed by atoms with Gasteiger partial charge in [0.05, 0.1) is 23.8 Å². The van der Waals surface area contributed by atoms with Crippen molar-refractivity contribution in [1.82, 2.24) is 0 Å². The molecule has 2 heterocycles. The number of rotatable bonds is 3. The van der Waals surface area contributed by atoms with Gasteiger partial charge in [0.2, 0.25) is 0 Å². The molecule has 0 aliphatic carbocycles. The van der Waals surface area contributed by atoms with E-state index in [2.05, 4.69) is 0 Å². The summed E-state index contributed by atoms with van der Waals surface area (Å²) in [5.41, 5.74) is 4.73. The molecule has 1 N–H and O–H groups in total. The van der Waals surface area contributed by atoms with Crippen LogP contribution in [0.4, 0.5) is 11.4 Å². The third kappa shape index (κ3) is 3.61. The second kappa shape index (κ2) is 8.37. The normalized spacial score (nSPS) is 19.2. The van der Waals surface area contributed by atoms with Gasteiger partial charge in [0.1, 0.15) is 18.1 Å². The largest absolute Gasteiger partial charge is 0.507 e. The van der Waals surface area contributed by atoms with Gasteiger partial charge in [0.15, 0.2) is 0 Å². The zero-order chi connectivity index (χ0) is 24.0. The first kappa shape index (κ1) is 21.8. The molecule has 0 saturated carbocycles. The first-order valence-electron chi connectivity index (χ1n) is 11.3. The highest BCUT2D eigenvalue weighted by atomic mass is 16.5. The van der Waals surface area contributed by atoms with E-state index in [1.165, 1.54) is 4.90 Å². The summed E-state index contributed by atoms with van der Waals surface area (Å²) in [7, 11) is 1.95. The number of likely N-dealkylation sites (N-methyl/N-ethyl adjacent to an activating group) is 1. The average molecular weight is 455 g/mol. The summed E-state index contributed by atoms with van der Waals surface area (Å²) in [4.78, 5) is 30.2. The fourth-order valence-corrected chi connectivity index (χ4v) is 4.79. The summed E-state index contributed by atoms with van der Waals surface area (Å²) >= 11 is 0. The molecule has 0 aromatic heterocycles. The molecular formula is C28H26N2O4. The molecule has 6 nitrogen and oxygen atoms in total. The molecule has 0 radical (unpaired) electrons. The molecule has 6 heteroatoms. The highest BCUT2D eigenvalue weighted by Gasteiger charge is 2.47. The molecule has 1 amide bonds. The minimum atomic E-state index is -0.743. The van der Waals surface area contributed by atoms with Gasteiger partial charge in [-0.2, -0.15) is 0 Å².